The fourth-order valence-electron chi connectivity index (χ4n) is 3.12. The standard InChI is InChI=1S/C18H40NO/c1-4-19(5-2,6-3)17-15-13-11-9-7-8-10-12-14-16-18-20/h20H,4-18H2,1-3H3/q+1. The summed E-state index contributed by atoms with van der Waals surface area (Å²) in [6, 6.07) is 0. The Hall–Kier alpha value is -0.0800. The first-order valence-electron chi connectivity index (χ1n) is 9.20. The lowest BCUT2D eigenvalue weighted by Gasteiger charge is -2.35. The van der Waals surface area contributed by atoms with E-state index in [1.807, 2.05) is 0 Å². The minimum absolute atomic E-state index is 0.368. The van der Waals surface area contributed by atoms with Crippen LogP contribution in [0.2, 0.25) is 0 Å². The molecule has 0 aliphatic carbocycles. The van der Waals surface area contributed by atoms with Crippen LogP contribution in [0.4, 0.5) is 0 Å². The van der Waals surface area contributed by atoms with E-state index in [9.17, 15) is 0 Å². The summed E-state index contributed by atoms with van der Waals surface area (Å²) in [6.45, 7) is 12.6. The molecule has 0 rings (SSSR count). The second kappa shape index (κ2) is 13.9. The van der Waals surface area contributed by atoms with Crippen LogP contribution in [-0.4, -0.2) is 42.4 Å². The predicted octanol–water partition coefficient (Wildman–Crippen LogP) is 4.76. The summed E-state index contributed by atoms with van der Waals surface area (Å²) < 4.78 is 1.31. The molecule has 0 aliphatic heterocycles. The first kappa shape index (κ1) is 19.9. The summed E-state index contributed by atoms with van der Waals surface area (Å²) in [4.78, 5) is 0. The number of quaternary nitrogens is 1. The molecule has 0 atom stereocenters. The van der Waals surface area contributed by atoms with Gasteiger partial charge in [0.15, 0.2) is 0 Å². The van der Waals surface area contributed by atoms with Crippen LogP contribution in [0.15, 0.2) is 0 Å². The predicted molar refractivity (Wildman–Crippen MR) is 90.0 cm³/mol. The van der Waals surface area contributed by atoms with Crippen LogP contribution in [0.25, 0.3) is 0 Å². The zero-order valence-corrected chi connectivity index (χ0v) is 14.5. The monoisotopic (exact) mass is 286 g/mol. The molecule has 20 heavy (non-hydrogen) atoms. The molecule has 0 amide bonds. The van der Waals surface area contributed by atoms with Gasteiger partial charge in [-0.3, -0.25) is 0 Å². The summed E-state index contributed by atoms with van der Waals surface area (Å²) in [6.07, 6.45) is 13.4. The van der Waals surface area contributed by atoms with Crippen LogP contribution in [0.1, 0.15) is 85.0 Å². The molecule has 0 fully saturated rings. The van der Waals surface area contributed by atoms with Gasteiger partial charge >= 0.3 is 0 Å². The Balaban J connectivity index is 3.32. The third-order valence-electron chi connectivity index (χ3n) is 5.05. The molecule has 0 heterocycles. The van der Waals surface area contributed by atoms with Crippen LogP contribution >= 0.6 is 0 Å². The zero-order chi connectivity index (χ0) is 15.1. The average Bonchev–Trinajstić information content (AvgIpc) is 2.49. The molecule has 0 unspecified atom stereocenters. The minimum Gasteiger partial charge on any atom is -0.396 e. The zero-order valence-electron chi connectivity index (χ0n) is 14.5. The molecule has 0 aliphatic rings. The van der Waals surface area contributed by atoms with Gasteiger partial charge in [-0.1, -0.05) is 44.9 Å². The third kappa shape index (κ3) is 9.77. The highest BCUT2D eigenvalue weighted by Gasteiger charge is 2.19. The molecule has 1 N–H and O–H groups in total. The summed E-state index contributed by atoms with van der Waals surface area (Å²) in [5, 5.41) is 8.70. The Kier molecular flexibility index (Phi) is 13.8. The fraction of sp³-hybridized carbons (Fsp3) is 1.00. The average molecular weight is 287 g/mol. The lowest BCUT2D eigenvalue weighted by Crippen LogP contribution is -2.48. The molecule has 122 valence electrons. The van der Waals surface area contributed by atoms with Gasteiger partial charge in [0, 0.05) is 6.61 Å². The van der Waals surface area contributed by atoms with E-state index in [2.05, 4.69) is 20.8 Å². The van der Waals surface area contributed by atoms with Gasteiger partial charge in [-0.05, 0) is 40.0 Å². The number of hydrogen-bond donors (Lipinski definition) is 1. The van der Waals surface area contributed by atoms with Crippen molar-refractivity contribution in [1.82, 2.24) is 0 Å². The molecule has 2 nitrogen and oxygen atoms in total. The summed E-state index contributed by atoms with van der Waals surface area (Å²) >= 11 is 0. The van der Waals surface area contributed by atoms with Crippen molar-refractivity contribution in [3.05, 3.63) is 0 Å². The van der Waals surface area contributed by atoms with Gasteiger partial charge in [-0.2, -0.15) is 0 Å². The van der Waals surface area contributed by atoms with Crippen molar-refractivity contribution in [1.29, 1.82) is 0 Å². The van der Waals surface area contributed by atoms with E-state index in [1.54, 1.807) is 0 Å². The molecule has 2 heteroatoms. The molecule has 0 bridgehead atoms. The van der Waals surface area contributed by atoms with Crippen LogP contribution < -0.4 is 0 Å². The maximum absolute atomic E-state index is 8.70. The Labute approximate surface area is 128 Å². The van der Waals surface area contributed by atoms with Crippen LogP contribution in [0, 0.1) is 0 Å². The number of aliphatic hydroxyl groups is 1. The lowest BCUT2D eigenvalue weighted by atomic mass is 10.1. The van der Waals surface area contributed by atoms with E-state index in [1.165, 1.54) is 88.4 Å². The molecular weight excluding hydrogens is 246 g/mol. The van der Waals surface area contributed by atoms with Crippen molar-refractivity contribution in [3.8, 4) is 0 Å². The molecule has 0 aromatic carbocycles. The van der Waals surface area contributed by atoms with Crippen molar-refractivity contribution in [2.24, 2.45) is 0 Å². The second-order valence-corrected chi connectivity index (χ2v) is 6.27. The van der Waals surface area contributed by atoms with E-state index >= 15 is 0 Å². The summed E-state index contributed by atoms with van der Waals surface area (Å²) in [5.41, 5.74) is 0. The van der Waals surface area contributed by atoms with Crippen molar-refractivity contribution in [2.75, 3.05) is 32.8 Å². The Morgan fingerprint density at radius 1 is 0.550 bits per heavy atom. The maximum atomic E-state index is 8.70. The smallest absolute Gasteiger partial charge is 0.0786 e. The highest BCUT2D eigenvalue weighted by Crippen LogP contribution is 2.13. The first-order valence-corrected chi connectivity index (χ1v) is 9.20. The fourth-order valence-corrected chi connectivity index (χ4v) is 3.12. The SMILES string of the molecule is CC[N+](CC)(CC)CCCCCCCCCCCCO. The Bertz CT molecular complexity index is 182. The number of rotatable bonds is 15. The number of nitrogens with zero attached hydrogens (tertiary/aromatic N) is 1. The van der Waals surface area contributed by atoms with Gasteiger partial charge in [-0.15, -0.1) is 0 Å². The topological polar surface area (TPSA) is 20.2 Å². The van der Waals surface area contributed by atoms with Gasteiger partial charge in [0.05, 0.1) is 26.2 Å². The van der Waals surface area contributed by atoms with E-state index in [0.29, 0.717) is 6.61 Å². The van der Waals surface area contributed by atoms with Gasteiger partial charge in [0.2, 0.25) is 0 Å². The Morgan fingerprint density at radius 2 is 0.900 bits per heavy atom. The molecule has 0 spiro atoms. The molecule has 0 aromatic rings. The third-order valence-corrected chi connectivity index (χ3v) is 5.05. The highest BCUT2D eigenvalue weighted by atomic mass is 16.2. The number of hydrogen-bond acceptors (Lipinski definition) is 1. The largest absolute Gasteiger partial charge is 0.396 e. The molecule has 0 saturated heterocycles. The van der Waals surface area contributed by atoms with Crippen molar-refractivity contribution < 1.29 is 9.59 Å². The van der Waals surface area contributed by atoms with Gasteiger partial charge in [0.1, 0.15) is 0 Å². The van der Waals surface area contributed by atoms with E-state index in [-0.39, 0.29) is 0 Å². The van der Waals surface area contributed by atoms with Gasteiger partial charge < -0.3 is 9.59 Å². The van der Waals surface area contributed by atoms with Gasteiger partial charge in [-0.25, -0.2) is 0 Å². The van der Waals surface area contributed by atoms with Crippen molar-refractivity contribution >= 4 is 0 Å². The quantitative estimate of drug-likeness (QED) is 0.340. The number of aliphatic hydroxyl groups excluding tert-OH is 1. The normalized spacial score (nSPS) is 12.0. The first-order chi connectivity index (χ1) is 9.74. The van der Waals surface area contributed by atoms with Crippen molar-refractivity contribution in [2.45, 2.75) is 85.0 Å². The van der Waals surface area contributed by atoms with E-state index in [0.717, 1.165) is 6.42 Å². The second-order valence-electron chi connectivity index (χ2n) is 6.27. The van der Waals surface area contributed by atoms with Gasteiger partial charge in [0.25, 0.3) is 0 Å². The lowest BCUT2D eigenvalue weighted by molar-refractivity contribution is -0.923. The minimum atomic E-state index is 0.368. The highest BCUT2D eigenvalue weighted by molar-refractivity contribution is 4.48. The van der Waals surface area contributed by atoms with E-state index in [4.69, 9.17) is 5.11 Å². The van der Waals surface area contributed by atoms with Crippen molar-refractivity contribution in [3.63, 3.8) is 0 Å². The summed E-state index contributed by atoms with van der Waals surface area (Å²) in [7, 11) is 0. The number of unbranched alkanes of at least 4 members (excludes halogenated alkanes) is 9. The van der Waals surface area contributed by atoms with Crippen LogP contribution in [0.5, 0.6) is 0 Å². The molecule has 0 saturated carbocycles. The summed E-state index contributed by atoms with van der Waals surface area (Å²) in [5.74, 6) is 0. The molecule has 0 aromatic heterocycles. The molecular formula is C18H40NO+. The van der Waals surface area contributed by atoms with E-state index < -0.39 is 0 Å². The van der Waals surface area contributed by atoms with Crippen LogP contribution in [-0.2, 0) is 0 Å². The maximum Gasteiger partial charge on any atom is 0.0786 e. The Morgan fingerprint density at radius 3 is 1.25 bits per heavy atom. The molecule has 0 radical (unpaired) electrons. The van der Waals surface area contributed by atoms with Crippen LogP contribution in [0.3, 0.4) is 0 Å².